The number of halogens is 4. The molecule has 1 heterocycles. The van der Waals surface area contributed by atoms with Gasteiger partial charge in [0.1, 0.15) is 16.5 Å². The zero-order valence-corrected chi connectivity index (χ0v) is 16.8. The number of anilines is 1. The van der Waals surface area contributed by atoms with Crippen LogP contribution in [-0.4, -0.2) is 31.7 Å². The number of carbonyl (C=O) groups excluding carboxylic acids is 1. The molecule has 1 amide bonds. The maximum atomic E-state index is 13.7. The molecule has 150 valence electrons. The van der Waals surface area contributed by atoms with Gasteiger partial charge < -0.3 is 5.32 Å². The Bertz CT molecular complexity index is 1010. The van der Waals surface area contributed by atoms with E-state index >= 15 is 0 Å². The maximum Gasteiger partial charge on any atom is 0.244 e. The lowest BCUT2D eigenvalue weighted by Crippen LogP contribution is -2.41. The minimum absolute atomic E-state index is 0.0658. The first kappa shape index (κ1) is 21.0. The third-order valence-electron chi connectivity index (χ3n) is 4.52. The maximum absolute atomic E-state index is 13.7. The van der Waals surface area contributed by atoms with Crippen LogP contribution in [0.2, 0.25) is 10.0 Å². The number of rotatable bonds is 4. The molecule has 1 N–H and O–H groups in total. The topological polar surface area (TPSA) is 66.5 Å². The van der Waals surface area contributed by atoms with Crippen LogP contribution in [-0.2, 0) is 14.8 Å². The van der Waals surface area contributed by atoms with Crippen LogP contribution >= 0.6 is 23.2 Å². The zero-order valence-electron chi connectivity index (χ0n) is 14.5. The fourth-order valence-corrected chi connectivity index (χ4v) is 5.20. The summed E-state index contributed by atoms with van der Waals surface area (Å²) in [6.45, 7) is 0.213. The summed E-state index contributed by atoms with van der Waals surface area (Å²) in [4.78, 5) is 12.3. The lowest BCUT2D eigenvalue weighted by Gasteiger charge is -2.30. The minimum Gasteiger partial charge on any atom is -0.323 e. The van der Waals surface area contributed by atoms with E-state index in [2.05, 4.69) is 5.32 Å². The molecule has 0 atom stereocenters. The van der Waals surface area contributed by atoms with E-state index in [1.807, 2.05) is 0 Å². The summed E-state index contributed by atoms with van der Waals surface area (Å²) in [7, 11) is -3.85. The fraction of sp³-hybridized carbons (Fsp3) is 0.278. The molecule has 3 rings (SSSR count). The number of carbonyl (C=O) groups is 1. The highest BCUT2D eigenvalue weighted by molar-refractivity contribution is 7.89. The van der Waals surface area contributed by atoms with Crippen LogP contribution < -0.4 is 5.32 Å². The van der Waals surface area contributed by atoms with E-state index < -0.39 is 33.5 Å². The van der Waals surface area contributed by atoms with Crippen LogP contribution in [0, 0.1) is 17.6 Å². The van der Waals surface area contributed by atoms with Gasteiger partial charge in [0.05, 0.1) is 10.7 Å². The van der Waals surface area contributed by atoms with Crippen LogP contribution in [0.4, 0.5) is 14.5 Å². The summed E-state index contributed by atoms with van der Waals surface area (Å²) in [6, 6.07) is 7.06. The van der Waals surface area contributed by atoms with Gasteiger partial charge in [-0.25, -0.2) is 17.2 Å². The fourth-order valence-electron chi connectivity index (χ4n) is 3.00. The molecule has 2 aromatic rings. The first-order chi connectivity index (χ1) is 13.2. The highest BCUT2D eigenvalue weighted by Gasteiger charge is 2.33. The standard InChI is InChI=1S/C18H16Cl2F2N2O3S/c19-12-1-3-14(20)17(9-12)28(26,27)24-7-5-11(6-8-24)18(25)23-16-4-2-13(21)10-15(16)22/h1-4,9-11H,5-8H2,(H,23,25). The van der Waals surface area contributed by atoms with Crippen molar-refractivity contribution >= 4 is 44.8 Å². The van der Waals surface area contributed by atoms with Gasteiger partial charge in [-0.15, -0.1) is 0 Å². The monoisotopic (exact) mass is 448 g/mol. The van der Waals surface area contributed by atoms with Gasteiger partial charge in [0, 0.05) is 30.1 Å². The van der Waals surface area contributed by atoms with Crippen LogP contribution in [0.3, 0.4) is 0 Å². The summed E-state index contributed by atoms with van der Waals surface area (Å²) in [5.74, 6) is -2.55. The number of nitrogens with zero attached hydrogens (tertiary/aromatic N) is 1. The number of hydrogen-bond acceptors (Lipinski definition) is 3. The summed E-state index contributed by atoms with van der Waals surface area (Å²) in [5.41, 5.74) is -0.118. The Morgan fingerprint density at radius 2 is 1.75 bits per heavy atom. The van der Waals surface area contributed by atoms with Crippen molar-refractivity contribution in [1.82, 2.24) is 4.31 Å². The molecule has 1 saturated heterocycles. The van der Waals surface area contributed by atoms with Crippen molar-refractivity contribution in [2.24, 2.45) is 5.92 Å². The molecular weight excluding hydrogens is 433 g/mol. The molecular formula is C18H16Cl2F2N2O3S. The third kappa shape index (κ3) is 4.46. The highest BCUT2D eigenvalue weighted by Crippen LogP contribution is 2.30. The second kappa shape index (κ2) is 8.32. The normalized spacial score (nSPS) is 16.1. The van der Waals surface area contributed by atoms with E-state index in [1.54, 1.807) is 0 Å². The van der Waals surface area contributed by atoms with Gasteiger partial charge in [0.25, 0.3) is 0 Å². The van der Waals surface area contributed by atoms with Crippen molar-refractivity contribution in [2.45, 2.75) is 17.7 Å². The van der Waals surface area contributed by atoms with Gasteiger partial charge in [0.15, 0.2) is 0 Å². The summed E-state index contributed by atoms with van der Waals surface area (Å²) in [6.07, 6.45) is 0.512. The molecule has 0 saturated carbocycles. The van der Waals surface area contributed by atoms with Gasteiger partial charge in [-0.1, -0.05) is 23.2 Å². The number of sulfonamides is 1. The number of piperidine rings is 1. The first-order valence-electron chi connectivity index (χ1n) is 8.39. The Morgan fingerprint density at radius 3 is 2.39 bits per heavy atom. The first-order valence-corrected chi connectivity index (χ1v) is 10.6. The Hall–Kier alpha value is -1.74. The minimum atomic E-state index is -3.85. The van der Waals surface area contributed by atoms with Gasteiger partial charge >= 0.3 is 0 Å². The lowest BCUT2D eigenvalue weighted by atomic mass is 9.97. The van der Waals surface area contributed by atoms with Crippen molar-refractivity contribution < 1.29 is 22.0 Å². The van der Waals surface area contributed by atoms with Crippen molar-refractivity contribution in [3.63, 3.8) is 0 Å². The van der Waals surface area contributed by atoms with E-state index in [0.29, 0.717) is 6.07 Å². The molecule has 5 nitrogen and oxygen atoms in total. The molecule has 0 aromatic heterocycles. The van der Waals surface area contributed by atoms with E-state index in [1.165, 1.54) is 22.5 Å². The molecule has 0 bridgehead atoms. The Kier molecular flexibility index (Phi) is 6.24. The highest BCUT2D eigenvalue weighted by atomic mass is 35.5. The molecule has 0 spiro atoms. The predicted molar refractivity (Wildman–Crippen MR) is 103 cm³/mol. The van der Waals surface area contributed by atoms with Crippen molar-refractivity contribution in [3.8, 4) is 0 Å². The molecule has 2 aromatic carbocycles. The largest absolute Gasteiger partial charge is 0.323 e. The number of amides is 1. The average Bonchev–Trinajstić information content (AvgIpc) is 2.66. The molecule has 0 aliphatic carbocycles. The Balaban J connectivity index is 1.66. The van der Waals surface area contributed by atoms with E-state index in [4.69, 9.17) is 23.2 Å². The van der Waals surface area contributed by atoms with E-state index in [9.17, 15) is 22.0 Å². The Morgan fingerprint density at radius 1 is 1.07 bits per heavy atom. The SMILES string of the molecule is O=C(Nc1ccc(F)cc1F)C1CCN(S(=O)(=O)c2cc(Cl)ccc2Cl)CC1. The van der Waals surface area contributed by atoms with Crippen molar-refractivity contribution in [3.05, 3.63) is 58.1 Å². The van der Waals surface area contributed by atoms with Crippen molar-refractivity contribution in [2.75, 3.05) is 18.4 Å². The quantitative estimate of drug-likeness (QED) is 0.757. The Labute approximate surface area is 171 Å². The number of benzene rings is 2. The molecule has 10 heteroatoms. The van der Waals surface area contributed by atoms with Crippen molar-refractivity contribution in [1.29, 1.82) is 0 Å². The molecule has 1 fully saturated rings. The summed E-state index contributed by atoms with van der Waals surface area (Å²) >= 11 is 11.9. The zero-order chi connectivity index (χ0) is 20.5. The van der Waals surface area contributed by atoms with Crippen LogP contribution in [0.15, 0.2) is 41.3 Å². The molecule has 0 unspecified atom stereocenters. The summed E-state index contributed by atoms with van der Waals surface area (Å²) in [5, 5.41) is 2.74. The molecule has 1 aliphatic rings. The molecule has 1 aliphatic heterocycles. The van der Waals surface area contributed by atoms with Crippen LogP contribution in [0.1, 0.15) is 12.8 Å². The van der Waals surface area contributed by atoms with Gasteiger partial charge in [0.2, 0.25) is 15.9 Å². The van der Waals surface area contributed by atoms with E-state index in [-0.39, 0.29) is 46.6 Å². The summed E-state index contributed by atoms with van der Waals surface area (Å²) < 4.78 is 53.5. The predicted octanol–water partition coefficient (Wildman–Crippen LogP) is 4.31. The van der Waals surface area contributed by atoms with Gasteiger partial charge in [-0.2, -0.15) is 4.31 Å². The smallest absolute Gasteiger partial charge is 0.244 e. The second-order valence-corrected chi connectivity index (χ2v) is 9.12. The van der Waals surface area contributed by atoms with Crippen LogP contribution in [0.5, 0.6) is 0 Å². The van der Waals surface area contributed by atoms with Gasteiger partial charge in [-0.05, 0) is 43.2 Å². The number of nitrogens with one attached hydrogen (secondary N) is 1. The third-order valence-corrected chi connectivity index (χ3v) is 7.14. The molecule has 0 radical (unpaired) electrons. The lowest BCUT2D eigenvalue weighted by molar-refractivity contribution is -0.120. The second-order valence-electron chi connectivity index (χ2n) is 6.37. The van der Waals surface area contributed by atoms with E-state index in [0.717, 1.165) is 12.1 Å². The van der Waals surface area contributed by atoms with Crippen LogP contribution in [0.25, 0.3) is 0 Å². The average molecular weight is 449 g/mol. The molecule has 28 heavy (non-hydrogen) atoms. The number of hydrogen-bond donors (Lipinski definition) is 1. The van der Waals surface area contributed by atoms with Gasteiger partial charge in [-0.3, -0.25) is 4.79 Å².